The van der Waals surface area contributed by atoms with Gasteiger partial charge < -0.3 is 15.2 Å². The van der Waals surface area contributed by atoms with Crippen LogP contribution in [0.4, 0.5) is 0 Å². The first-order valence-corrected chi connectivity index (χ1v) is 5.46. The minimum absolute atomic E-state index is 0.167. The lowest BCUT2D eigenvalue weighted by Crippen LogP contribution is -2.46. The number of rotatable bonds is 6. The Bertz CT molecular complexity index is 352. The fraction of sp³-hybridized carbons (Fsp3) is 0.500. The first-order valence-electron chi connectivity index (χ1n) is 5.46. The monoisotopic (exact) mass is 238 g/mol. The molecule has 0 spiro atoms. The van der Waals surface area contributed by atoms with Gasteiger partial charge in [0.15, 0.2) is 5.60 Å². The summed E-state index contributed by atoms with van der Waals surface area (Å²) in [6, 6.07) is 3.85. The molecule has 1 atom stereocenters. The zero-order valence-electron chi connectivity index (χ0n) is 10.1. The molecular formula is C12H18N2O3. The van der Waals surface area contributed by atoms with Gasteiger partial charge in [0.1, 0.15) is 0 Å². The van der Waals surface area contributed by atoms with E-state index in [9.17, 15) is 9.90 Å². The molecule has 5 heteroatoms. The van der Waals surface area contributed by atoms with Gasteiger partial charge in [-0.3, -0.25) is 4.98 Å². The highest BCUT2D eigenvalue weighted by molar-refractivity contribution is 5.78. The number of aromatic nitrogens is 1. The molecule has 0 fully saturated rings. The topological polar surface area (TPSA) is 71.5 Å². The summed E-state index contributed by atoms with van der Waals surface area (Å²) in [5.41, 5.74) is -0.373. The minimum atomic E-state index is -1.48. The highest BCUT2D eigenvalue weighted by atomic mass is 16.5. The van der Waals surface area contributed by atoms with Gasteiger partial charge >= 0.3 is 5.97 Å². The number of carbonyl (C=O) groups is 1. The van der Waals surface area contributed by atoms with Crippen molar-refractivity contribution in [2.24, 2.45) is 0 Å². The minimum Gasteiger partial charge on any atom is -0.467 e. The molecule has 5 nitrogen and oxygen atoms in total. The first-order chi connectivity index (χ1) is 8.06. The summed E-state index contributed by atoms with van der Waals surface area (Å²) >= 11 is 0. The van der Waals surface area contributed by atoms with Crippen LogP contribution in [0.5, 0.6) is 0 Å². The van der Waals surface area contributed by atoms with Crippen molar-refractivity contribution in [2.75, 3.05) is 20.2 Å². The number of nitrogens with one attached hydrogen (secondary N) is 1. The van der Waals surface area contributed by atoms with E-state index in [-0.39, 0.29) is 6.54 Å². The van der Waals surface area contributed by atoms with Gasteiger partial charge in [0.25, 0.3) is 0 Å². The third-order valence-corrected chi connectivity index (χ3v) is 2.41. The summed E-state index contributed by atoms with van der Waals surface area (Å²) in [7, 11) is 1.26. The second kappa shape index (κ2) is 6.32. The molecular weight excluding hydrogens is 220 g/mol. The molecule has 0 radical (unpaired) electrons. The molecule has 2 N–H and O–H groups in total. The molecule has 1 aromatic heterocycles. The number of carbonyl (C=O) groups excluding carboxylic acids is 1. The van der Waals surface area contributed by atoms with Gasteiger partial charge in [0, 0.05) is 18.9 Å². The Hall–Kier alpha value is -1.46. The van der Waals surface area contributed by atoms with E-state index in [1.54, 1.807) is 12.4 Å². The Balaban J connectivity index is 2.27. The third kappa shape index (κ3) is 4.50. The largest absolute Gasteiger partial charge is 0.467 e. The second-order valence-electron chi connectivity index (χ2n) is 4.05. The fourth-order valence-electron chi connectivity index (χ4n) is 1.40. The van der Waals surface area contributed by atoms with Crippen molar-refractivity contribution in [1.29, 1.82) is 0 Å². The van der Waals surface area contributed by atoms with Gasteiger partial charge in [0.05, 0.1) is 7.11 Å². The smallest absolute Gasteiger partial charge is 0.338 e. The lowest BCUT2D eigenvalue weighted by molar-refractivity contribution is -0.159. The molecule has 0 aliphatic heterocycles. The molecule has 94 valence electrons. The molecule has 0 aliphatic carbocycles. The Morgan fingerprint density at radius 1 is 1.65 bits per heavy atom. The zero-order valence-corrected chi connectivity index (χ0v) is 10.1. The molecule has 0 saturated carbocycles. The number of aliphatic hydroxyl groups is 1. The van der Waals surface area contributed by atoms with Crippen LogP contribution in [0, 0.1) is 0 Å². The molecule has 1 heterocycles. The molecule has 0 aliphatic rings. The Labute approximate surface area is 101 Å². The average Bonchev–Trinajstić information content (AvgIpc) is 2.35. The number of hydrogen-bond acceptors (Lipinski definition) is 5. The summed E-state index contributed by atoms with van der Waals surface area (Å²) in [6.07, 6.45) is 4.31. The fourth-order valence-corrected chi connectivity index (χ4v) is 1.40. The third-order valence-electron chi connectivity index (χ3n) is 2.41. The Morgan fingerprint density at radius 3 is 3.00 bits per heavy atom. The zero-order chi connectivity index (χ0) is 12.7. The molecule has 1 aromatic rings. The summed E-state index contributed by atoms with van der Waals surface area (Å²) in [5, 5.41) is 12.7. The van der Waals surface area contributed by atoms with Crippen LogP contribution >= 0.6 is 0 Å². The van der Waals surface area contributed by atoms with Gasteiger partial charge in [0.2, 0.25) is 0 Å². The summed E-state index contributed by atoms with van der Waals surface area (Å²) in [6.45, 7) is 2.26. The van der Waals surface area contributed by atoms with E-state index in [0.717, 1.165) is 12.0 Å². The van der Waals surface area contributed by atoms with Gasteiger partial charge in [-0.15, -0.1) is 0 Å². The van der Waals surface area contributed by atoms with Crippen LogP contribution in [0.15, 0.2) is 24.5 Å². The molecule has 0 saturated heterocycles. The highest BCUT2D eigenvalue weighted by Gasteiger charge is 2.30. The maximum Gasteiger partial charge on any atom is 0.338 e. The second-order valence-corrected chi connectivity index (χ2v) is 4.05. The molecule has 17 heavy (non-hydrogen) atoms. The molecule has 1 unspecified atom stereocenters. The lowest BCUT2D eigenvalue weighted by atomic mass is 10.1. The van der Waals surface area contributed by atoms with E-state index in [2.05, 4.69) is 15.0 Å². The van der Waals surface area contributed by atoms with Crippen LogP contribution in [0.25, 0.3) is 0 Å². The van der Waals surface area contributed by atoms with Crippen molar-refractivity contribution in [2.45, 2.75) is 18.9 Å². The Kier molecular flexibility index (Phi) is 5.06. The van der Waals surface area contributed by atoms with E-state index in [0.29, 0.717) is 6.54 Å². The van der Waals surface area contributed by atoms with Gasteiger partial charge in [-0.1, -0.05) is 6.07 Å². The van der Waals surface area contributed by atoms with Crippen molar-refractivity contribution >= 4 is 5.97 Å². The van der Waals surface area contributed by atoms with E-state index in [1.165, 1.54) is 14.0 Å². The van der Waals surface area contributed by atoms with Gasteiger partial charge in [-0.05, 0) is 31.5 Å². The summed E-state index contributed by atoms with van der Waals surface area (Å²) in [4.78, 5) is 15.2. The van der Waals surface area contributed by atoms with E-state index >= 15 is 0 Å². The van der Waals surface area contributed by atoms with Crippen LogP contribution in [-0.2, 0) is 16.0 Å². The number of nitrogens with zero attached hydrogens (tertiary/aromatic N) is 1. The van der Waals surface area contributed by atoms with Crippen molar-refractivity contribution in [3.63, 3.8) is 0 Å². The SMILES string of the molecule is COC(=O)C(C)(O)CNCCc1cccnc1. The standard InChI is InChI=1S/C12H18N2O3/c1-12(16,11(15)17-2)9-14-7-5-10-4-3-6-13-8-10/h3-4,6,8,14,16H,5,7,9H2,1-2H3. The normalized spacial score (nSPS) is 14.1. The maximum atomic E-state index is 11.2. The average molecular weight is 238 g/mol. The molecule has 0 amide bonds. The number of ether oxygens (including phenoxy) is 1. The van der Waals surface area contributed by atoms with E-state index < -0.39 is 11.6 Å². The lowest BCUT2D eigenvalue weighted by Gasteiger charge is -2.20. The quantitative estimate of drug-likeness (QED) is 0.545. The first kappa shape index (κ1) is 13.6. The van der Waals surface area contributed by atoms with Crippen molar-refractivity contribution in [3.8, 4) is 0 Å². The Morgan fingerprint density at radius 2 is 2.41 bits per heavy atom. The number of esters is 1. The molecule has 0 bridgehead atoms. The van der Waals surface area contributed by atoms with Gasteiger partial charge in [-0.2, -0.15) is 0 Å². The van der Waals surface area contributed by atoms with Crippen molar-refractivity contribution < 1.29 is 14.6 Å². The van der Waals surface area contributed by atoms with E-state index in [4.69, 9.17) is 0 Å². The predicted octanol–water partition coefficient (Wildman–Crippen LogP) is 0.138. The van der Waals surface area contributed by atoms with E-state index in [1.807, 2.05) is 12.1 Å². The summed E-state index contributed by atoms with van der Waals surface area (Å²) < 4.78 is 4.49. The highest BCUT2D eigenvalue weighted by Crippen LogP contribution is 2.03. The van der Waals surface area contributed by atoms with Crippen LogP contribution in [0.2, 0.25) is 0 Å². The molecule has 1 rings (SSSR count). The predicted molar refractivity (Wildman–Crippen MR) is 63.5 cm³/mol. The molecule has 0 aromatic carbocycles. The number of hydrogen-bond donors (Lipinski definition) is 2. The summed E-state index contributed by atoms with van der Waals surface area (Å²) in [5.74, 6) is -0.633. The van der Waals surface area contributed by atoms with Crippen LogP contribution < -0.4 is 5.32 Å². The van der Waals surface area contributed by atoms with Crippen LogP contribution in [0.3, 0.4) is 0 Å². The van der Waals surface area contributed by atoms with Crippen LogP contribution in [0.1, 0.15) is 12.5 Å². The van der Waals surface area contributed by atoms with Crippen molar-refractivity contribution in [1.82, 2.24) is 10.3 Å². The number of pyridine rings is 1. The maximum absolute atomic E-state index is 11.2. The van der Waals surface area contributed by atoms with Crippen LogP contribution in [-0.4, -0.2) is 41.9 Å². The van der Waals surface area contributed by atoms with Gasteiger partial charge in [-0.25, -0.2) is 4.79 Å². The van der Waals surface area contributed by atoms with Crippen molar-refractivity contribution in [3.05, 3.63) is 30.1 Å². The number of methoxy groups -OCH3 is 1.